The fourth-order valence-electron chi connectivity index (χ4n) is 3.77. The number of methoxy groups -OCH3 is 1. The second-order valence-electron chi connectivity index (χ2n) is 6.91. The molecule has 1 N–H and O–H groups in total. The molecule has 2 saturated carbocycles. The second kappa shape index (κ2) is 6.81. The number of phenolic OH excluding ortho intramolecular Hbond substituents is 1. The molecule has 1 aromatic rings. The summed E-state index contributed by atoms with van der Waals surface area (Å²) in [4.78, 5) is 15.1. The van der Waals surface area contributed by atoms with Gasteiger partial charge in [-0.15, -0.1) is 0 Å². The number of rotatable bonds is 5. The molecule has 23 heavy (non-hydrogen) atoms. The third-order valence-corrected chi connectivity index (χ3v) is 5.40. The van der Waals surface area contributed by atoms with Gasteiger partial charge in [0.15, 0.2) is 0 Å². The molecule has 4 heteroatoms. The summed E-state index contributed by atoms with van der Waals surface area (Å²) >= 11 is 0. The third kappa shape index (κ3) is 3.46. The highest BCUT2D eigenvalue weighted by molar-refractivity contribution is 5.97. The van der Waals surface area contributed by atoms with Crippen LogP contribution >= 0.6 is 0 Å². The van der Waals surface area contributed by atoms with Crippen LogP contribution in [0.15, 0.2) is 18.2 Å². The Morgan fingerprint density at radius 1 is 1.17 bits per heavy atom. The van der Waals surface area contributed by atoms with Crippen LogP contribution in [0.25, 0.3) is 0 Å². The summed E-state index contributed by atoms with van der Waals surface area (Å²) in [6, 6.07) is 5.65. The Morgan fingerprint density at radius 2 is 1.78 bits per heavy atom. The van der Waals surface area contributed by atoms with Crippen LogP contribution < -0.4 is 4.74 Å². The number of hydrogen-bond donors (Lipinski definition) is 1. The van der Waals surface area contributed by atoms with Gasteiger partial charge in [0.2, 0.25) is 0 Å². The monoisotopic (exact) mass is 317 g/mol. The number of aromatic hydroxyl groups is 1. The molecule has 1 aromatic carbocycles. The number of nitrogens with zero attached hydrogens (tertiary/aromatic N) is 1. The summed E-state index contributed by atoms with van der Waals surface area (Å²) in [5.41, 5.74) is 0.398. The summed E-state index contributed by atoms with van der Waals surface area (Å²) < 4.78 is 5.11. The SMILES string of the molecule is CCC1CCC(N(C(=O)c2ccc(OC)cc2O)C2CC2)CC1. The molecule has 0 unspecified atom stereocenters. The highest BCUT2D eigenvalue weighted by atomic mass is 16.5. The molecule has 4 nitrogen and oxygen atoms in total. The molecule has 1 amide bonds. The number of benzene rings is 1. The molecular weight excluding hydrogens is 290 g/mol. The zero-order valence-corrected chi connectivity index (χ0v) is 14.1. The summed E-state index contributed by atoms with van der Waals surface area (Å²) in [5.74, 6) is 1.38. The van der Waals surface area contributed by atoms with E-state index in [0.29, 0.717) is 23.4 Å². The van der Waals surface area contributed by atoms with Crippen LogP contribution in [0.3, 0.4) is 0 Å². The molecule has 2 aliphatic carbocycles. The van der Waals surface area contributed by atoms with Crippen molar-refractivity contribution in [1.82, 2.24) is 4.90 Å². The van der Waals surface area contributed by atoms with Gasteiger partial charge in [-0.05, 0) is 56.6 Å². The lowest BCUT2D eigenvalue weighted by atomic mass is 9.83. The average Bonchev–Trinajstić information content (AvgIpc) is 3.40. The van der Waals surface area contributed by atoms with E-state index in [1.807, 2.05) is 0 Å². The van der Waals surface area contributed by atoms with Crippen LogP contribution in [0.1, 0.15) is 62.2 Å². The van der Waals surface area contributed by atoms with Crippen molar-refractivity contribution in [3.05, 3.63) is 23.8 Å². The number of ether oxygens (including phenoxy) is 1. The lowest BCUT2D eigenvalue weighted by Crippen LogP contribution is -2.43. The number of carbonyl (C=O) groups excluding carboxylic acids is 1. The van der Waals surface area contributed by atoms with Crippen LogP contribution in [-0.4, -0.2) is 35.1 Å². The van der Waals surface area contributed by atoms with Gasteiger partial charge >= 0.3 is 0 Å². The first-order valence-electron chi connectivity index (χ1n) is 8.83. The Morgan fingerprint density at radius 3 is 2.26 bits per heavy atom. The van der Waals surface area contributed by atoms with Crippen molar-refractivity contribution in [3.63, 3.8) is 0 Å². The maximum absolute atomic E-state index is 13.0. The Bertz CT molecular complexity index is 560. The number of hydrogen-bond acceptors (Lipinski definition) is 3. The molecule has 0 saturated heterocycles. The van der Waals surface area contributed by atoms with Gasteiger partial charge in [-0.3, -0.25) is 4.79 Å². The maximum atomic E-state index is 13.0. The lowest BCUT2D eigenvalue weighted by molar-refractivity contribution is 0.0584. The summed E-state index contributed by atoms with van der Waals surface area (Å²) in [5, 5.41) is 10.2. The van der Waals surface area contributed by atoms with E-state index in [2.05, 4.69) is 11.8 Å². The number of carbonyl (C=O) groups is 1. The molecule has 0 aliphatic heterocycles. The molecule has 2 aliphatic rings. The van der Waals surface area contributed by atoms with Gasteiger partial charge in [0, 0.05) is 18.2 Å². The Balaban J connectivity index is 1.77. The molecule has 0 heterocycles. The first kappa shape index (κ1) is 16.2. The molecule has 0 spiro atoms. The average molecular weight is 317 g/mol. The van der Waals surface area contributed by atoms with Crippen molar-refractivity contribution in [3.8, 4) is 11.5 Å². The largest absolute Gasteiger partial charge is 0.507 e. The van der Waals surface area contributed by atoms with E-state index in [-0.39, 0.29) is 11.7 Å². The van der Waals surface area contributed by atoms with Gasteiger partial charge < -0.3 is 14.7 Å². The highest BCUT2D eigenvalue weighted by Gasteiger charge is 2.39. The van der Waals surface area contributed by atoms with E-state index >= 15 is 0 Å². The molecule has 0 atom stereocenters. The second-order valence-corrected chi connectivity index (χ2v) is 6.91. The van der Waals surface area contributed by atoms with E-state index in [4.69, 9.17) is 4.74 Å². The van der Waals surface area contributed by atoms with Crippen molar-refractivity contribution < 1.29 is 14.6 Å². The molecule has 126 valence electrons. The third-order valence-electron chi connectivity index (χ3n) is 5.40. The first-order valence-corrected chi connectivity index (χ1v) is 8.83. The van der Waals surface area contributed by atoms with Gasteiger partial charge in [-0.2, -0.15) is 0 Å². The van der Waals surface area contributed by atoms with Gasteiger partial charge in [0.1, 0.15) is 11.5 Å². The fraction of sp³-hybridized carbons (Fsp3) is 0.632. The van der Waals surface area contributed by atoms with Crippen LogP contribution in [-0.2, 0) is 0 Å². The summed E-state index contributed by atoms with van der Waals surface area (Å²) in [7, 11) is 1.55. The maximum Gasteiger partial charge on any atom is 0.258 e. The topological polar surface area (TPSA) is 49.8 Å². The van der Waals surface area contributed by atoms with E-state index in [1.54, 1.807) is 19.2 Å². The molecule has 0 radical (unpaired) electrons. The summed E-state index contributed by atoms with van der Waals surface area (Å²) in [6.45, 7) is 2.25. The molecule has 2 fully saturated rings. The van der Waals surface area contributed by atoms with E-state index in [0.717, 1.165) is 31.6 Å². The molecule has 0 aromatic heterocycles. The molecule has 0 bridgehead atoms. The van der Waals surface area contributed by atoms with E-state index in [9.17, 15) is 9.90 Å². The lowest BCUT2D eigenvalue weighted by Gasteiger charge is -2.37. The minimum absolute atomic E-state index is 0.0160. The highest BCUT2D eigenvalue weighted by Crippen LogP contribution is 2.38. The van der Waals surface area contributed by atoms with Crippen LogP contribution in [0.2, 0.25) is 0 Å². The van der Waals surface area contributed by atoms with Gasteiger partial charge in [-0.1, -0.05) is 13.3 Å². The number of phenols is 1. The van der Waals surface area contributed by atoms with Crippen molar-refractivity contribution >= 4 is 5.91 Å². The quantitative estimate of drug-likeness (QED) is 0.894. The summed E-state index contributed by atoms with van der Waals surface area (Å²) in [6.07, 6.45) is 8.05. The van der Waals surface area contributed by atoms with Crippen molar-refractivity contribution in [2.75, 3.05) is 7.11 Å². The van der Waals surface area contributed by atoms with Crippen LogP contribution in [0.4, 0.5) is 0 Å². The molecular formula is C19H27NO3. The van der Waals surface area contributed by atoms with Gasteiger partial charge in [0.05, 0.1) is 12.7 Å². The van der Waals surface area contributed by atoms with Crippen LogP contribution in [0.5, 0.6) is 11.5 Å². The number of amides is 1. The zero-order valence-electron chi connectivity index (χ0n) is 14.1. The van der Waals surface area contributed by atoms with Crippen molar-refractivity contribution in [1.29, 1.82) is 0 Å². The van der Waals surface area contributed by atoms with Gasteiger partial charge in [0.25, 0.3) is 5.91 Å². The minimum Gasteiger partial charge on any atom is -0.507 e. The van der Waals surface area contributed by atoms with Crippen LogP contribution in [0, 0.1) is 5.92 Å². The molecule has 3 rings (SSSR count). The Kier molecular flexibility index (Phi) is 4.79. The zero-order chi connectivity index (χ0) is 16.4. The fourth-order valence-corrected chi connectivity index (χ4v) is 3.77. The predicted molar refractivity (Wildman–Crippen MR) is 89.9 cm³/mol. The smallest absolute Gasteiger partial charge is 0.258 e. The van der Waals surface area contributed by atoms with Crippen molar-refractivity contribution in [2.24, 2.45) is 5.92 Å². The Hall–Kier alpha value is -1.71. The van der Waals surface area contributed by atoms with Crippen molar-refractivity contribution in [2.45, 2.75) is 64.0 Å². The van der Waals surface area contributed by atoms with Gasteiger partial charge in [-0.25, -0.2) is 0 Å². The normalized spacial score (nSPS) is 24.3. The minimum atomic E-state index is -0.0207. The predicted octanol–water partition coefficient (Wildman–Crippen LogP) is 3.97. The Labute approximate surface area is 138 Å². The standard InChI is InChI=1S/C19H27NO3/c1-3-13-4-6-14(7-5-13)20(15-8-9-15)19(22)17-11-10-16(23-2)12-18(17)21/h10-15,21H,3-9H2,1-2H3. The van der Waals surface area contributed by atoms with E-state index in [1.165, 1.54) is 25.3 Å². The van der Waals surface area contributed by atoms with E-state index < -0.39 is 0 Å². The first-order chi connectivity index (χ1) is 11.1.